The van der Waals surface area contributed by atoms with Gasteiger partial charge in [0.05, 0.1) is 22.3 Å². The Morgan fingerprint density at radius 1 is 0.467 bits per heavy atom. The lowest BCUT2D eigenvalue weighted by Crippen LogP contribution is -2.27. The van der Waals surface area contributed by atoms with E-state index in [2.05, 4.69) is 52.0 Å². The third-order valence-electron chi connectivity index (χ3n) is 9.66. The van der Waals surface area contributed by atoms with Crippen LogP contribution in [0.2, 0.25) is 0 Å². The lowest BCUT2D eigenvalue weighted by Gasteiger charge is -2.30. The van der Waals surface area contributed by atoms with Crippen molar-refractivity contribution in [2.24, 2.45) is 0 Å². The zero-order valence-electron chi connectivity index (χ0n) is 25.1. The van der Waals surface area contributed by atoms with Crippen LogP contribution < -0.4 is 9.47 Å². The van der Waals surface area contributed by atoms with Gasteiger partial charge in [-0.25, -0.2) is 19.2 Å². The Bertz CT molecular complexity index is 1900. The molecule has 2 aliphatic heterocycles. The second kappa shape index (κ2) is 8.91. The van der Waals surface area contributed by atoms with Gasteiger partial charge in [0, 0.05) is 5.41 Å². The average molecular weight is 601 g/mol. The summed E-state index contributed by atoms with van der Waals surface area (Å²) in [4.78, 5) is 48.1. The van der Waals surface area contributed by atoms with Gasteiger partial charge in [0.15, 0.2) is 0 Å². The summed E-state index contributed by atoms with van der Waals surface area (Å²) in [5, 5.41) is 0. The van der Waals surface area contributed by atoms with Crippen molar-refractivity contribution in [1.82, 2.24) is 0 Å². The number of rotatable bonds is 4. The molecule has 8 heteroatoms. The second-order valence-electron chi connectivity index (χ2n) is 13.6. The first kappa shape index (κ1) is 27.3. The van der Waals surface area contributed by atoms with E-state index in [1.54, 1.807) is 36.4 Å². The molecular weight excluding hydrogens is 572 g/mol. The maximum atomic E-state index is 12.1. The molecule has 2 aliphatic carbocycles. The molecule has 0 unspecified atom stereocenters. The van der Waals surface area contributed by atoms with Gasteiger partial charge < -0.3 is 18.9 Å². The lowest BCUT2D eigenvalue weighted by atomic mass is 9.72. The zero-order valence-corrected chi connectivity index (χ0v) is 25.1. The maximum Gasteiger partial charge on any atom is 0.347 e. The van der Waals surface area contributed by atoms with Gasteiger partial charge in [-0.05, 0) is 107 Å². The van der Waals surface area contributed by atoms with Crippen molar-refractivity contribution in [3.8, 4) is 23.0 Å². The van der Waals surface area contributed by atoms with Gasteiger partial charge in [-0.3, -0.25) is 0 Å². The van der Waals surface area contributed by atoms with Crippen LogP contribution in [0.15, 0.2) is 72.8 Å². The fourth-order valence-corrected chi connectivity index (χ4v) is 7.96. The lowest BCUT2D eigenvalue weighted by molar-refractivity contribution is 0.0425. The van der Waals surface area contributed by atoms with Crippen LogP contribution >= 0.6 is 0 Å². The Morgan fingerprint density at radius 3 is 1.24 bits per heavy atom. The molecule has 0 aromatic heterocycles. The van der Waals surface area contributed by atoms with Crippen molar-refractivity contribution in [3.05, 3.63) is 117 Å². The highest BCUT2D eigenvalue weighted by atomic mass is 16.6. The molecule has 0 amide bonds. The summed E-state index contributed by atoms with van der Waals surface area (Å²) >= 11 is 0. The van der Waals surface area contributed by atoms with Crippen LogP contribution in [0.4, 0.5) is 0 Å². The smallest absolute Gasteiger partial charge is 0.347 e. The number of fused-ring (bicyclic) bond motifs is 6. The first-order valence-corrected chi connectivity index (χ1v) is 14.8. The molecule has 0 fully saturated rings. The fourth-order valence-electron chi connectivity index (χ4n) is 7.96. The van der Waals surface area contributed by atoms with Crippen molar-refractivity contribution in [1.29, 1.82) is 0 Å². The molecule has 4 aromatic carbocycles. The number of esters is 4. The van der Waals surface area contributed by atoms with E-state index in [-0.39, 0.29) is 38.5 Å². The van der Waals surface area contributed by atoms with Gasteiger partial charge in [0.25, 0.3) is 0 Å². The third kappa shape index (κ3) is 3.98. The van der Waals surface area contributed by atoms with Gasteiger partial charge in [0.2, 0.25) is 0 Å². The number of hydrogen-bond donors (Lipinski definition) is 0. The van der Waals surface area contributed by atoms with Gasteiger partial charge >= 0.3 is 23.9 Å². The molecule has 0 bridgehead atoms. The van der Waals surface area contributed by atoms with E-state index < -0.39 is 23.9 Å². The first-order valence-electron chi connectivity index (χ1n) is 14.8. The van der Waals surface area contributed by atoms with Crippen LogP contribution in [0.25, 0.3) is 0 Å². The van der Waals surface area contributed by atoms with E-state index in [0.29, 0.717) is 23.0 Å². The minimum absolute atomic E-state index is 0.118. The Hall–Kier alpha value is -5.24. The number of carbonyl (C=O) groups excluding carboxylic acids is 4. The van der Waals surface area contributed by atoms with Crippen LogP contribution in [0.3, 0.4) is 0 Å². The quantitative estimate of drug-likeness (QED) is 0.175. The monoisotopic (exact) mass is 600 g/mol. The van der Waals surface area contributed by atoms with Gasteiger partial charge in [-0.1, -0.05) is 39.8 Å². The molecule has 0 radical (unpaired) electrons. The Morgan fingerprint density at radius 2 is 0.822 bits per heavy atom. The van der Waals surface area contributed by atoms with Gasteiger partial charge in [-0.15, -0.1) is 0 Å². The van der Waals surface area contributed by atoms with E-state index >= 15 is 0 Å². The maximum absolute atomic E-state index is 12.1. The van der Waals surface area contributed by atoms with Crippen LogP contribution in [0.5, 0.6) is 23.0 Å². The molecule has 0 saturated carbocycles. The molecule has 8 rings (SSSR count). The van der Waals surface area contributed by atoms with E-state index in [4.69, 9.17) is 18.9 Å². The molecule has 4 aliphatic rings. The summed E-state index contributed by atoms with van der Waals surface area (Å²) in [6, 6.07) is 21.9. The zero-order chi connectivity index (χ0) is 31.5. The summed E-state index contributed by atoms with van der Waals surface area (Å²) in [6.45, 7) is 9.06. The molecule has 0 saturated heterocycles. The van der Waals surface area contributed by atoms with E-state index in [9.17, 15) is 19.2 Å². The number of cyclic esters (lactones) is 4. The number of benzene rings is 4. The molecule has 4 aromatic rings. The molecule has 0 N–H and O–H groups in total. The van der Waals surface area contributed by atoms with Crippen LogP contribution in [0, 0.1) is 0 Å². The van der Waals surface area contributed by atoms with Crippen molar-refractivity contribution in [2.45, 2.75) is 56.8 Å². The summed E-state index contributed by atoms with van der Waals surface area (Å²) in [5.74, 6) is -0.518. The summed E-state index contributed by atoms with van der Waals surface area (Å²) < 4.78 is 22.0. The Labute approximate surface area is 258 Å². The van der Waals surface area contributed by atoms with Gasteiger partial charge in [-0.2, -0.15) is 0 Å². The Balaban J connectivity index is 1.19. The molecule has 224 valence electrons. The first-order chi connectivity index (χ1) is 21.3. The normalized spacial score (nSPS) is 19.1. The van der Waals surface area contributed by atoms with E-state index in [1.807, 2.05) is 12.1 Å². The number of ether oxygens (including phenoxy) is 4. The highest BCUT2D eigenvalue weighted by Gasteiger charge is 2.56. The molecule has 1 spiro atoms. The largest absolute Gasteiger partial charge is 0.457 e. The van der Waals surface area contributed by atoms with Gasteiger partial charge in [0.1, 0.15) is 23.0 Å². The van der Waals surface area contributed by atoms with Crippen molar-refractivity contribution in [3.63, 3.8) is 0 Å². The molecule has 8 nitrogen and oxygen atoms in total. The SMILES string of the molecule is CC1(C)CC2(CC(C)(C)c3ccc(Oc4ccc5c(c4)C(=O)OC5=O)cc32)c2cc(Oc3ccc4c(c3)C(=O)OC4=O)ccc21. The minimum Gasteiger partial charge on any atom is -0.457 e. The number of carbonyl (C=O) groups is 4. The van der Waals surface area contributed by atoms with Crippen LogP contribution in [0.1, 0.15) is 104 Å². The summed E-state index contributed by atoms with van der Waals surface area (Å²) in [6.07, 6.45) is 1.77. The molecule has 2 heterocycles. The minimum atomic E-state index is -0.675. The predicted octanol–water partition coefficient (Wildman–Crippen LogP) is 7.54. The van der Waals surface area contributed by atoms with Crippen molar-refractivity contribution < 1.29 is 38.1 Å². The predicted molar refractivity (Wildman–Crippen MR) is 161 cm³/mol. The van der Waals surface area contributed by atoms with Crippen molar-refractivity contribution >= 4 is 23.9 Å². The van der Waals surface area contributed by atoms with E-state index in [0.717, 1.165) is 12.8 Å². The molecule has 45 heavy (non-hydrogen) atoms. The highest BCUT2D eigenvalue weighted by Crippen LogP contribution is 2.63. The van der Waals surface area contributed by atoms with Crippen LogP contribution in [-0.2, 0) is 25.7 Å². The third-order valence-corrected chi connectivity index (χ3v) is 9.66. The average Bonchev–Trinajstić information content (AvgIpc) is 3.59. The molecule has 0 atom stereocenters. The van der Waals surface area contributed by atoms with Crippen LogP contribution in [-0.4, -0.2) is 23.9 Å². The standard InChI is InChI=1S/C37H28O8/c1-35(2)17-37(29-15-21(7-11-27(29)35)42-19-5-9-23-25(13-19)33(40)44-31(23)38)18-36(3,4)28-12-8-22(16-30(28)37)43-20-6-10-24-26(14-20)34(41)45-32(24)39/h5-16H,17-18H2,1-4H3. The topological polar surface area (TPSA) is 105 Å². The highest BCUT2D eigenvalue weighted by molar-refractivity contribution is 6.15. The van der Waals surface area contributed by atoms with Crippen molar-refractivity contribution in [2.75, 3.05) is 0 Å². The fraction of sp³-hybridized carbons (Fsp3) is 0.243. The molecular formula is C37H28O8. The Kier molecular flexibility index (Phi) is 5.41. The summed E-state index contributed by atoms with van der Waals surface area (Å²) in [5.41, 5.74) is 5.16. The summed E-state index contributed by atoms with van der Waals surface area (Å²) in [7, 11) is 0. The second-order valence-corrected chi connectivity index (χ2v) is 13.6. The van der Waals surface area contributed by atoms with E-state index in [1.165, 1.54) is 22.3 Å². The number of hydrogen-bond acceptors (Lipinski definition) is 8.